The molecule has 0 saturated heterocycles. The van der Waals surface area contributed by atoms with E-state index in [0.717, 1.165) is 22.0 Å². The summed E-state index contributed by atoms with van der Waals surface area (Å²) >= 11 is 0. The summed E-state index contributed by atoms with van der Waals surface area (Å²) in [5, 5.41) is 14.3. The van der Waals surface area contributed by atoms with Gasteiger partial charge in [-0.25, -0.2) is 0 Å². The molecule has 0 aliphatic heterocycles. The summed E-state index contributed by atoms with van der Waals surface area (Å²) < 4.78 is 0. The van der Waals surface area contributed by atoms with Crippen LogP contribution in [-0.4, -0.2) is 30.5 Å². The second kappa shape index (κ2) is 6.22. The van der Waals surface area contributed by atoms with Crippen LogP contribution in [0.15, 0.2) is 59.8 Å². The van der Waals surface area contributed by atoms with Crippen molar-refractivity contribution in [2.24, 2.45) is 5.10 Å². The fourth-order valence-electron chi connectivity index (χ4n) is 2.14. The van der Waals surface area contributed by atoms with Crippen molar-refractivity contribution < 1.29 is 0 Å². The Bertz CT molecular complexity index is 788. The highest BCUT2D eigenvalue weighted by Crippen LogP contribution is 2.19. The lowest BCUT2D eigenvalue weighted by Gasteiger charge is -2.11. The Morgan fingerprint density at radius 2 is 1.82 bits per heavy atom. The number of hydrogen-bond acceptors (Lipinski definition) is 5. The van der Waals surface area contributed by atoms with Gasteiger partial charge in [0.25, 0.3) is 0 Å². The molecule has 0 spiro atoms. The van der Waals surface area contributed by atoms with Gasteiger partial charge in [-0.05, 0) is 17.7 Å². The van der Waals surface area contributed by atoms with Gasteiger partial charge in [-0.3, -0.25) is 5.43 Å². The minimum Gasteiger partial charge on any atom is -0.378 e. The molecule has 110 valence electrons. The topological polar surface area (TPSA) is 53.4 Å². The molecule has 0 unspecified atom stereocenters. The van der Waals surface area contributed by atoms with Crippen LogP contribution in [0.2, 0.25) is 0 Å². The highest BCUT2D eigenvalue weighted by atomic mass is 15.3. The lowest BCUT2D eigenvalue weighted by atomic mass is 10.2. The van der Waals surface area contributed by atoms with Crippen LogP contribution in [0, 0.1) is 0 Å². The number of benzene rings is 2. The van der Waals surface area contributed by atoms with Crippen molar-refractivity contribution >= 4 is 28.5 Å². The number of aromatic nitrogens is 2. The lowest BCUT2D eigenvalue weighted by Crippen LogP contribution is -2.08. The summed E-state index contributed by atoms with van der Waals surface area (Å²) in [6.45, 7) is 0. The van der Waals surface area contributed by atoms with Crippen LogP contribution < -0.4 is 10.3 Å². The molecule has 5 nitrogen and oxygen atoms in total. The van der Waals surface area contributed by atoms with E-state index in [1.165, 1.54) is 0 Å². The van der Waals surface area contributed by atoms with Gasteiger partial charge in [-0.15, -0.1) is 5.10 Å². The number of hydrogen-bond donors (Lipinski definition) is 1. The predicted molar refractivity (Wildman–Crippen MR) is 91.5 cm³/mol. The fourth-order valence-corrected chi connectivity index (χ4v) is 2.14. The third-order valence-corrected chi connectivity index (χ3v) is 3.36. The first-order chi connectivity index (χ1) is 10.7. The average Bonchev–Trinajstić information content (AvgIpc) is 2.55. The maximum absolute atomic E-state index is 4.25. The summed E-state index contributed by atoms with van der Waals surface area (Å²) in [7, 11) is 4.04. The van der Waals surface area contributed by atoms with Crippen LogP contribution in [0.4, 0.5) is 11.5 Å². The fraction of sp³-hybridized carbons (Fsp3) is 0.118. The average molecular weight is 291 g/mol. The molecule has 3 rings (SSSR count). The summed E-state index contributed by atoms with van der Waals surface area (Å²) in [5.74, 6) is 0.652. The molecule has 0 radical (unpaired) electrons. The molecule has 1 N–H and O–H groups in total. The van der Waals surface area contributed by atoms with E-state index < -0.39 is 0 Å². The van der Waals surface area contributed by atoms with Gasteiger partial charge in [0.15, 0.2) is 5.82 Å². The maximum Gasteiger partial charge on any atom is 0.176 e. The van der Waals surface area contributed by atoms with Crippen LogP contribution in [0.1, 0.15) is 5.56 Å². The van der Waals surface area contributed by atoms with Crippen molar-refractivity contribution in [3.63, 3.8) is 0 Å². The highest BCUT2D eigenvalue weighted by Gasteiger charge is 2.00. The first kappa shape index (κ1) is 14.0. The monoisotopic (exact) mass is 291 g/mol. The van der Waals surface area contributed by atoms with Crippen molar-refractivity contribution in [2.45, 2.75) is 0 Å². The second-order valence-electron chi connectivity index (χ2n) is 5.14. The van der Waals surface area contributed by atoms with E-state index >= 15 is 0 Å². The van der Waals surface area contributed by atoms with Crippen molar-refractivity contribution in [1.29, 1.82) is 0 Å². The molecule has 0 atom stereocenters. The molecule has 0 saturated carbocycles. The van der Waals surface area contributed by atoms with Gasteiger partial charge in [0.1, 0.15) is 0 Å². The van der Waals surface area contributed by atoms with Crippen molar-refractivity contribution in [2.75, 3.05) is 24.4 Å². The number of nitrogens with one attached hydrogen (secondary N) is 1. The second-order valence-corrected chi connectivity index (χ2v) is 5.14. The molecule has 1 aromatic heterocycles. The van der Waals surface area contributed by atoms with Crippen molar-refractivity contribution in [3.8, 4) is 0 Å². The van der Waals surface area contributed by atoms with E-state index in [1.807, 2.05) is 50.5 Å². The number of fused-ring (bicyclic) bond motifs is 1. The molecule has 0 amide bonds. The van der Waals surface area contributed by atoms with E-state index in [1.54, 1.807) is 12.4 Å². The Balaban J connectivity index is 1.76. The summed E-state index contributed by atoms with van der Waals surface area (Å²) in [6.07, 6.45) is 3.51. The van der Waals surface area contributed by atoms with E-state index in [4.69, 9.17) is 0 Å². The van der Waals surface area contributed by atoms with Crippen molar-refractivity contribution in [3.05, 3.63) is 60.3 Å². The van der Waals surface area contributed by atoms with E-state index in [0.29, 0.717) is 5.82 Å². The van der Waals surface area contributed by atoms with Gasteiger partial charge >= 0.3 is 0 Å². The normalized spacial score (nSPS) is 11.0. The number of anilines is 2. The van der Waals surface area contributed by atoms with E-state index in [2.05, 4.69) is 37.8 Å². The van der Waals surface area contributed by atoms with Crippen LogP contribution in [0.3, 0.4) is 0 Å². The third kappa shape index (κ3) is 3.03. The van der Waals surface area contributed by atoms with E-state index in [9.17, 15) is 0 Å². The molecular weight excluding hydrogens is 274 g/mol. The van der Waals surface area contributed by atoms with Gasteiger partial charge in [-0.2, -0.15) is 10.2 Å². The first-order valence-electron chi connectivity index (χ1n) is 7.01. The molecule has 0 aliphatic carbocycles. The Morgan fingerprint density at radius 3 is 2.59 bits per heavy atom. The van der Waals surface area contributed by atoms with Gasteiger partial charge in [0, 0.05) is 30.6 Å². The van der Waals surface area contributed by atoms with Crippen molar-refractivity contribution in [1.82, 2.24) is 10.2 Å². The SMILES string of the molecule is CN(C)c1ccc(/C=N/Nc2nncc3ccccc23)cc1. The lowest BCUT2D eigenvalue weighted by molar-refractivity contribution is 1.04. The minimum atomic E-state index is 0.652. The summed E-state index contributed by atoms with van der Waals surface area (Å²) in [4.78, 5) is 2.06. The number of nitrogens with zero attached hydrogens (tertiary/aromatic N) is 4. The zero-order valence-electron chi connectivity index (χ0n) is 12.6. The van der Waals surface area contributed by atoms with Gasteiger partial charge in [-0.1, -0.05) is 36.4 Å². The third-order valence-electron chi connectivity index (χ3n) is 3.36. The molecule has 5 heteroatoms. The van der Waals surface area contributed by atoms with Crippen LogP contribution >= 0.6 is 0 Å². The minimum absolute atomic E-state index is 0.652. The largest absolute Gasteiger partial charge is 0.378 e. The highest BCUT2D eigenvalue weighted by molar-refractivity contribution is 5.91. The molecule has 3 aromatic rings. The maximum atomic E-state index is 4.25. The molecule has 0 fully saturated rings. The summed E-state index contributed by atoms with van der Waals surface area (Å²) in [6, 6.07) is 16.1. The first-order valence-corrected chi connectivity index (χ1v) is 7.01. The zero-order chi connectivity index (χ0) is 15.4. The van der Waals surface area contributed by atoms with Gasteiger partial charge in [0.05, 0.1) is 12.4 Å². The quantitative estimate of drug-likeness (QED) is 0.592. The van der Waals surface area contributed by atoms with Crippen LogP contribution in [0.25, 0.3) is 10.8 Å². The molecule has 0 aliphatic rings. The Labute approximate surface area is 129 Å². The molecule has 22 heavy (non-hydrogen) atoms. The predicted octanol–water partition coefficient (Wildman–Crippen LogP) is 3.14. The Morgan fingerprint density at radius 1 is 1.05 bits per heavy atom. The molecule has 0 bridgehead atoms. The van der Waals surface area contributed by atoms with E-state index in [-0.39, 0.29) is 0 Å². The van der Waals surface area contributed by atoms with Gasteiger partial charge < -0.3 is 4.90 Å². The number of rotatable bonds is 4. The van der Waals surface area contributed by atoms with Crippen LogP contribution in [-0.2, 0) is 0 Å². The smallest absolute Gasteiger partial charge is 0.176 e. The Hall–Kier alpha value is -2.95. The number of hydrazone groups is 1. The molecular formula is C17H17N5. The zero-order valence-corrected chi connectivity index (χ0v) is 12.6. The standard InChI is InChI=1S/C17H17N5/c1-22(2)15-9-7-13(8-10-15)11-18-20-17-16-6-4-3-5-14(16)12-19-21-17/h3-12H,1-2H3,(H,20,21)/b18-11+. The van der Waals surface area contributed by atoms with Crippen LogP contribution in [0.5, 0.6) is 0 Å². The summed E-state index contributed by atoms with van der Waals surface area (Å²) in [5.41, 5.74) is 5.14. The molecule has 1 heterocycles. The Kier molecular flexibility index (Phi) is 3.96. The van der Waals surface area contributed by atoms with Gasteiger partial charge in [0.2, 0.25) is 0 Å². The molecule has 2 aromatic carbocycles.